The maximum Gasteiger partial charge on any atom is 0.243 e. The van der Waals surface area contributed by atoms with Gasteiger partial charge < -0.3 is 15.1 Å². The highest BCUT2D eigenvalue weighted by atomic mass is 32.2. The summed E-state index contributed by atoms with van der Waals surface area (Å²) in [6, 6.07) is 6.17. The Labute approximate surface area is 166 Å². The Hall–Kier alpha value is -1.97. The molecule has 0 bridgehead atoms. The molecule has 2 fully saturated rings. The quantitative estimate of drug-likeness (QED) is 0.797. The zero-order chi connectivity index (χ0) is 20.3. The molecule has 2 aliphatic heterocycles. The van der Waals surface area contributed by atoms with Crippen LogP contribution in [0.3, 0.4) is 0 Å². The molecular weight excluding hydrogens is 380 g/mol. The molecule has 8 nitrogen and oxygen atoms in total. The molecule has 0 unspecified atom stereocenters. The van der Waals surface area contributed by atoms with E-state index in [4.69, 9.17) is 0 Å². The molecule has 0 spiro atoms. The number of anilines is 1. The van der Waals surface area contributed by atoms with Gasteiger partial charge in [-0.1, -0.05) is 0 Å². The highest BCUT2D eigenvalue weighted by Gasteiger charge is 2.34. The summed E-state index contributed by atoms with van der Waals surface area (Å²) in [6.07, 6.45) is 1.10. The first-order chi connectivity index (χ1) is 13.3. The fourth-order valence-electron chi connectivity index (χ4n) is 3.69. The fourth-order valence-corrected chi connectivity index (χ4v) is 5.16. The Morgan fingerprint density at radius 1 is 0.964 bits per heavy atom. The van der Waals surface area contributed by atoms with E-state index in [1.165, 1.54) is 23.4 Å². The van der Waals surface area contributed by atoms with Crippen molar-refractivity contribution >= 4 is 27.5 Å². The summed E-state index contributed by atoms with van der Waals surface area (Å²) in [7, 11) is -1.55. The number of nitrogens with one attached hydrogen (secondary N) is 1. The number of sulfonamides is 1. The van der Waals surface area contributed by atoms with E-state index in [-0.39, 0.29) is 22.6 Å². The molecule has 0 aliphatic carbocycles. The summed E-state index contributed by atoms with van der Waals surface area (Å²) in [5, 5.41) is 2.62. The normalized spacial score (nSPS) is 20.1. The van der Waals surface area contributed by atoms with Gasteiger partial charge in [-0.15, -0.1) is 0 Å². The number of carbonyl (C=O) groups excluding carboxylic acids is 2. The maximum absolute atomic E-state index is 12.9. The number of hydrogen-bond donors (Lipinski definition) is 1. The maximum atomic E-state index is 12.9. The molecule has 2 heterocycles. The Balaban J connectivity index is 1.59. The lowest BCUT2D eigenvalue weighted by atomic mass is 9.96. The van der Waals surface area contributed by atoms with E-state index in [0.29, 0.717) is 31.6 Å². The van der Waals surface area contributed by atoms with Crippen LogP contribution in [-0.4, -0.2) is 80.7 Å². The Bertz CT molecular complexity index is 809. The van der Waals surface area contributed by atoms with Gasteiger partial charge in [-0.3, -0.25) is 9.59 Å². The van der Waals surface area contributed by atoms with Gasteiger partial charge >= 0.3 is 0 Å². The van der Waals surface area contributed by atoms with Crippen molar-refractivity contribution in [3.8, 4) is 0 Å². The van der Waals surface area contributed by atoms with Gasteiger partial charge in [-0.25, -0.2) is 8.42 Å². The lowest BCUT2D eigenvalue weighted by Gasteiger charge is -2.37. The SMILES string of the molecule is CC(=O)Nc1ccc(S(=O)(=O)N2CCC(C(=O)N3CCN(C)CC3)CC2)cc1. The van der Waals surface area contributed by atoms with Crippen LogP contribution in [0.2, 0.25) is 0 Å². The molecule has 28 heavy (non-hydrogen) atoms. The molecular formula is C19H28N4O4S. The van der Waals surface area contributed by atoms with E-state index >= 15 is 0 Å². The molecule has 0 saturated carbocycles. The first-order valence-corrected chi connectivity index (χ1v) is 11.1. The molecule has 2 saturated heterocycles. The topological polar surface area (TPSA) is 90.0 Å². The molecule has 2 amide bonds. The van der Waals surface area contributed by atoms with E-state index in [0.717, 1.165) is 26.2 Å². The van der Waals surface area contributed by atoms with E-state index < -0.39 is 10.0 Å². The highest BCUT2D eigenvalue weighted by Crippen LogP contribution is 2.26. The van der Waals surface area contributed by atoms with Gasteiger partial charge in [0.15, 0.2) is 0 Å². The Kier molecular flexibility index (Phi) is 6.36. The Morgan fingerprint density at radius 3 is 2.07 bits per heavy atom. The predicted octanol–water partition coefficient (Wildman–Crippen LogP) is 0.820. The van der Waals surface area contributed by atoms with Gasteiger partial charge in [-0.2, -0.15) is 4.31 Å². The minimum Gasteiger partial charge on any atom is -0.340 e. The van der Waals surface area contributed by atoms with E-state index in [2.05, 4.69) is 10.2 Å². The number of nitrogens with zero attached hydrogens (tertiary/aromatic N) is 3. The van der Waals surface area contributed by atoms with Gasteiger partial charge in [0.05, 0.1) is 4.90 Å². The van der Waals surface area contributed by atoms with Crippen molar-refractivity contribution in [2.75, 3.05) is 51.6 Å². The van der Waals surface area contributed by atoms with Gasteiger partial charge in [0.1, 0.15) is 0 Å². The second-order valence-electron chi connectivity index (χ2n) is 7.51. The summed E-state index contributed by atoms with van der Waals surface area (Å²) < 4.78 is 27.2. The van der Waals surface area contributed by atoms with Crippen molar-refractivity contribution in [3.05, 3.63) is 24.3 Å². The highest BCUT2D eigenvalue weighted by molar-refractivity contribution is 7.89. The number of piperazine rings is 1. The van der Waals surface area contributed by atoms with Crippen LogP contribution in [0.1, 0.15) is 19.8 Å². The fraction of sp³-hybridized carbons (Fsp3) is 0.579. The van der Waals surface area contributed by atoms with Crippen LogP contribution < -0.4 is 5.32 Å². The molecule has 0 aromatic heterocycles. The first-order valence-electron chi connectivity index (χ1n) is 9.62. The average Bonchev–Trinajstić information content (AvgIpc) is 2.68. The van der Waals surface area contributed by atoms with Crippen molar-refractivity contribution in [2.24, 2.45) is 5.92 Å². The standard InChI is InChI=1S/C19H28N4O4S/c1-15(24)20-17-3-5-18(6-4-17)28(26,27)23-9-7-16(8-10-23)19(25)22-13-11-21(2)12-14-22/h3-6,16H,7-14H2,1-2H3,(H,20,24). The number of benzene rings is 1. The predicted molar refractivity (Wildman–Crippen MR) is 106 cm³/mol. The monoisotopic (exact) mass is 408 g/mol. The van der Waals surface area contributed by atoms with Crippen LogP contribution in [0.25, 0.3) is 0 Å². The van der Waals surface area contributed by atoms with Crippen molar-refractivity contribution in [1.29, 1.82) is 0 Å². The number of amides is 2. The zero-order valence-corrected chi connectivity index (χ0v) is 17.2. The van der Waals surface area contributed by atoms with Gasteiger partial charge in [0, 0.05) is 57.8 Å². The summed E-state index contributed by atoms with van der Waals surface area (Å²) in [4.78, 5) is 28.1. The molecule has 154 valence electrons. The van der Waals surface area contributed by atoms with Crippen LogP contribution >= 0.6 is 0 Å². The number of carbonyl (C=O) groups is 2. The minimum absolute atomic E-state index is 0.100. The van der Waals surface area contributed by atoms with Crippen LogP contribution in [-0.2, 0) is 19.6 Å². The average molecular weight is 409 g/mol. The second kappa shape index (κ2) is 8.59. The number of piperidine rings is 1. The molecule has 3 rings (SSSR count). The lowest BCUT2D eigenvalue weighted by molar-refractivity contribution is -0.138. The third kappa shape index (κ3) is 4.71. The number of hydrogen-bond acceptors (Lipinski definition) is 5. The molecule has 1 aromatic carbocycles. The second-order valence-corrected chi connectivity index (χ2v) is 9.45. The molecule has 2 aliphatic rings. The first kappa shape index (κ1) is 20.8. The number of rotatable bonds is 4. The summed E-state index contributed by atoms with van der Waals surface area (Å²) in [5.41, 5.74) is 0.558. The van der Waals surface area contributed by atoms with Crippen LogP contribution in [0.5, 0.6) is 0 Å². The summed E-state index contributed by atoms with van der Waals surface area (Å²) >= 11 is 0. The molecule has 9 heteroatoms. The molecule has 1 N–H and O–H groups in total. The van der Waals surface area contributed by atoms with E-state index in [9.17, 15) is 18.0 Å². The summed E-state index contributed by atoms with van der Waals surface area (Å²) in [6.45, 7) is 5.35. The van der Waals surface area contributed by atoms with Crippen molar-refractivity contribution in [3.63, 3.8) is 0 Å². The van der Waals surface area contributed by atoms with Gasteiger partial charge in [0.2, 0.25) is 21.8 Å². The van der Waals surface area contributed by atoms with Gasteiger partial charge in [-0.05, 0) is 44.2 Å². The minimum atomic E-state index is -3.60. The molecule has 1 aromatic rings. The van der Waals surface area contributed by atoms with Crippen molar-refractivity contribution in [2.45, 2.75) is 24.7 Å². The van der Waals surface area contributed by atoms with Crippen LogP contribution in [0.15, 0.2) is 29.2 Å². The Morgan fingerprint density at radius 2 is 1.54 bits per heavy atom. The molecule has 0 radical (unpaired) electrons. The van der Waals surface area contributed by atoms with Crippen molar-refractivity contribution < 1.29 is 18.0 Å². The van der Waals surface area contributed by atoms with Gasteiger partial charge in [0.25, 0.3) is 0 Å². The van der Waals surface area contributed by atoms with E-state index in [1.54, 1.807) is 12.1 Å². The van der Waals surface area contributed by atoms with Crippen molar-refractivity contribution in [1.82, 2.24) is 14.1 Å². The largest absolute Gasteiger partial charge is 0.340 e. The summed E-state index contributed by atoms with van der Waals surface area (Å²) in [5.74, 6) is -0.149. The molecule has 0 atom stereocenters. The lowest BCUT2D eigenvalue weighted by Crippen LogP contribution is -2.50. The van der Waals surface area contributed by atoms with Crippen LogP contribution in [0.4, 0.5) is 5.69 Å². The zero-order valence-electron chi connectivity index (χ0n) is 16.4. The third-order valence-electron chi connectivity index (χ3n) is 5.43. The number of likely N-dealkylation sites (N-methyl/N-ethyl adjacent to an activating group) is 1. The third-order valence-corrected chi connectivity index (χ3v) is 7.34. The van der Waals surface area contributed by atoms with Crippen LogP contribution in [0, 0.1) is 5.92 Å². The smallest absolute Gasteiger partial charge is 0.243 e. The van der Waals surface area contributed by atoms with E-state index in [1.807, 2.05) is 11.9 Å².